The molecule has 3 aliphatic rings. The Morgan fingerprint density at radius 3 is 2.91 bits per heavy atom. The van der Waals surface area contributed by atoms with Crippen LogP contribution in [-0.2, 0) is 22.7 Å². The zero-order valence-electron chi connectivity index (χ0n) is 13.1. The zero-order valence-corrected chi connectivity index (χ0v) is 13.1. The van der Waals surface area contributed by atoms with Gasteiger partial charge in [0.15, 0.2) is 0 Å². The maximum Gasteiger partial charge on any atom is 0.246 e. The summed E-state index contributed by atoms with van der Waals surface area (Å²) in [6, 6.07) is 5.07. The van der Waals surface area contributed by atoms with Gasteiger partial charge in [-0.15, -0.1) is 0 Å². The summed E-state index contributed by atoms with van der Waals surface area (Å²) >= 11 is 0. The molecule has 0 spiro atoms. The first-order chi connectivity index (χ1) is 10.8. The highest BCUT2D eigenvalue weighted by molar-refractivity contribution is 5.75. The number of carbonyl (C=O) groups excluding carboxylic acids is 1. The molecule has 1 aromatic heterocycles. The molecule has 1 aromatic rings. The van der Waals surface area contributed by atoms with Crippen molar-refractivity contribution in [3.63, 3.8) is 0 Å². The number of fused-ring (bicyclic) bond motifs is 1. The monoisotopic (exact) mass is 303 g/mol. The number of nitrogens with zero attached hydrogens (tertiary/aromatic N) is 3. The number of hydroxylamine groups is 2. The van der Waals surface area contributed by atoms with Gasteiger partial charge in [0, 0.05) is 44.0 Å². The normalized spacial score (nSPS) is 26.5. The topological polar surface area (TPSA) is 37.7 Å². The van der Waals surface area contributed by atoms with Gasteiger partial charge in [0.05, 0.1) is 13.2 Å². The van der Waals surface area contributed by atoms with E-state index in [2.05, 4.69) is 27.8 Å². The molecule has 4 rings (SSSR count). The number of carbonyl (C=O) groups is 1. The fraction of sp³-hybridized carbons (Fsp3) is 0.706. The summed E-state index contributed by atoms with van der Waals surface area (Å²) in [7, 11) is 0. The Hall–Kier alpha value is -1.33. The maximum atomic E-state index is 12.4. The molecule has 1 amide bonds. The van der Waals surface area contributed by atoms with Gasteiger partial charge in [-0.3, -0.25) is 14.5 Å². The van der Waals surface area contributed by atoms with Crippen LogP contribution in [0.3, 0.4) is 0 Å². The van der Waals surface area contributed by atoms with Gasteiger partial charge >= 0.3 is 0 Å². The summed E-state index contributed by atoms with van der Waals surface area (Å²) < 4.78 is 2.33. The second kappa shape index (κ2) is 6.05. The Morgan fingerprint density at radius 1 is 1.27 bits per heavy atom. The van der Waals surface area contributed by atoms with Gasteiger partial charge in [-0.25, -0.2) is 5.06 Å². The molecule has 2 fully saturated rings. The zero-order chi connectivity index (χ0) is 14.9. The van der Waals surface area contributed by atoms with Crippen molar-refractivity contribution in [3.05, 3.63) is 24.0 Å². The average molecular weight is 303 g/mol. The molecule has 1 saturated heterocycles. The van der Waals surface area contributed by atoms with E-state index >= 15 is 0 Å². The highest BCUT2D eigenvalue weighted by atomic mass is 16.7. The molecule has 0 aromatic carbocycles. The van der Waals surface area contributed by atoms with E-state index in [1.807, 2.05) is 0 Å². The highest BCUT2D eigenvalue weighted by Crippen LogP contribution is 2.30. The van der Waals surface area contributed by atoms with E-state index in [9.17, 15) is 4.79 Å². The van der Waals surface area contributed by atoms with Gasteiger partial charge in [0.2, 0.25) is 5.91 Å². The van der Waals surface area contributed by atoms with E-state index in [1.165, 1.54) is 25.0 Å². The minimum absolute atomic E-state index is 0.159. The van der Waals surface area contributed by atoms with Crippen LogP contribution in [0.4, 0.5) is 0 Å². The summed E-state index contributed by atoms with van der Waals surface area (Å²) in [4.78, 5) is 20.4. The summed E-state index contributed by atoms with van der Waals surface area (Å²) in [5, 5.41) is 1.58. The first kappa shape index (κ1) is 14.3. The highest BCUT2D eigenvalue weighted by Gasteiger charge is 2.32. The third-order valence-electron chi connectivity index (χ3n) is 5.32. The van der Waals surface area contributed by atoms with Crippen LogP contribution in [0.1, 0.15) is 37.8 Å². The number of aromatic nitrogens is 1. The van der Waals surface area contributed by atoms with Crippen LogP contribution in [0, 0.1) is 5.92 Å². The van der Waals surface area contributed by atoms with E-state index in [4.69, 9.17) is 4.84 Å². The molecule has 0 radical (unpaired) electrons. The molecular weight excluding hydrogens is 278 g/mol. The SMILES string of the molecule is O=C(C[C@@H]1CN(C2CCC2)Cc2cccn2C1)N1CCCO1. The van der Waals surface area contributed by atoms with E-state index in [-0.39, 0.29) is 5.91 Å². The Bertz CT molecular complexity index is 532. The van der Waals surface area contributed by atoms with Gasteiger partial charge in [-0.05, 0) is 37.3 Å². The van der Waals surface area contributed by atoms with Crippen LogP contribution in [0.5, 0.6) is 0 Å². The maximum absolute atomic E-state index is 12.4. The van der Waals surface area contributed by atoms with Crippen molar-refractivity contribution >= 4 is 5.91 Å². The summed E-state index contributed by atoms with van der Waals surface area (Å²) in [5.74, 6) is 0.539. The van der Waals surface area contributed by atoms with E-state index in [0.717, 1.165) is 38.6 Å². The van der Waals surface area contributed by atoms with Crippen molar-refractivity contribution in [3.8, 4) is 0 Å². The molecule has 0 N–H and O–H groups in total. The van der Waals surface area contributed by atoms with E-state index in [1.54, 1.807) is 5.06 Å². The molecule has 1 atom stereocenters. The molecule has 1 aliphatic carbocycles. The van der Waals surface area contributed by atoms with Gasteiger partial charge < -0.3 is 4.57 Å². The van der Waals surface area contributed by atoms with Crippen molar-refractivity contribution in [2.45, 2.75) is 51.2 Å². The van der Waals surface area contributed by atoms with Crippen LogP contribution in [0.25, 0.3) is 0 Å². The minimum Gasteiger partial charge on any atom is -0.350 e. The average Bonchev–Trinajstić information content (AvgIpc) is 3.07. The lowest BCUT2D eigenvalue weighted by Crippen LogP contribution is -2.42. The molecule has 2 aliphatic heterocycles. The summed E-state index contributed by atoms with van der Waals surface area (Å²) in [5.41, 5.74) is 1.39. The first-order valence-corrected chi connectivity index (χ1v) is 8.61. The number of rotatable bonds is 3. The lowest BCUT2D eigenvalue weighted by molar-refractivity contribution is -0.170. The summed E-state index contributed by atoms with van der Waals surface area (Å²) in [6.07, 6.45) is 7.71. The van der Waals surface area contributed by atoms with Crippen molar-refractivity contribution < 1.29 is 9.63 Å². The molecule has 5 nitrogen and oxygen atoms in total. The molecule has 3 heterocycles. The van der Waals surface area contributed by atoms with Crippen LogP contribution in [0.15, 0.2) is 18.3 Å². The molecule has 1 saturated carbocycles. The standard InChI is InChI=1S/C17H25N3O2/c21-17(20-8-3-9-22-20)10-14-11-18-7-2-6-16(18)13-19(12-14)15-4-1-5-15/h2,6-7,14-15H,1,3-5,8-13H2/t14-/m0/s1. The lowest BCUT2D eigenvalue weighted by atomic mass is 9.90. The molecular formula is C17H25N3O2. The Morgan fingerprint density at radius 2 is 2.18 bits per heavy atom. The molecule has 120 valence electrons. The van der Waals surface area contributed by atoms with Crippen LogP contribution < -0.4 is 0 Å². The predicted octanol–water partition coefficient (Wildman–Crippen LogP) is 2.03. The second-order valence-electron chi connectivity index (χ2n) is 6.92. The number of amides is 1. The largest absolute Gasteiger partial charge is 0.350 e. The minimum atomic E-state index is 0.159. The Kier molecular flexibility index (Phi) is 3.92. The quantitative estimate of drug-likeness (QED) is 0.857. The molecule has 5 heteroatoms. The Balaban J connectivity index is 1.47. The van der Waals surface area contributed by atoms with Gasteiger partial charge in [0.25, 0.3) is 0 Å². The van der Waals surface area contributed by atoms with Gasteiger partial charge in [-0.2, -0.15) is 0 Å². The number of hydrogen-bond acceptors (Lipinski definition) is 3. The van der Waals surface area contributed by atoms with E-state index in [0.29, 0.717) is 18.9 Å². The lowest BCUT2D eigenvalue weighted by Gasteiger charge is -2.38. The molecule has 0 bridgehead atoms. The van der Waals surface area contributed by atoms with Gasteiger partial charge in [0.1, 0.15) is 0 Å². The van der Waals surface area contributed by atoms with Crippen LogP contribution in [0.2, 0.25) is 0 Å². The first-order valence-electron chi connectivity index (χ1n) is 8.61. The van der Waals surface area contributed by atoms with Crippen molar-refractivity contribution in [1.29, 1.82) is 0 Å². The smallest absolute Gasteiger partial charge is 0.246 e. The Labute approximate surface area is 131 Å². The van der Waals surface area contributed by atoms with Crippen LogP contribution in [-0.4, -0.2) is 46.2 Å². The van der Waals surface area contributed by atoms with Crippen molar-refractivity contribution in [2.75, 3.05) is 19.7 Å². The predicted molar refractivity (Wildman–Crippen MR) is 82.9 cm³/mol. The number of hydrogen-bond donors (Lipinski definition) is 0. The third-order valence-corrected chi connectivity index (χ3v) is 5.32. The van der Waals surface area contributed by atoms with Gasteiger partial charge in [-0.1, -0.05) is 6.42 Å². The molecule has 0 unspecified atom stereocenters. The van der Waals surface area contributed by atoms with E-state index < -0.39 is 0 Å². The fourth-order valence-electron chi connectivity index (χ4n) is 3.86. The van der Waals surface area contributed by atoms with Crippen LogP contribution >= 0.6 is 0 Å². The van der Waals surface area contributed by atoms with Crippen molar-refractivity contribution in [1.82, 2.24) is 14.5 Å². The molecule has 22 heavy (non-hydrogen) atoms. The third kappa shape index (κ3) is 2.79. The van der Waals surface area contributed by atoms with Crippen molar-refractivity contribution in [2.24, 2.45) is 5.92 Å². The summed E-state index contributed by atoms with van der Waals surface area (Å²) in [6.45, 7) is 4.46. The second-order valence-corrected chi connectivity index (χ2v) is 6.92. The fourth-order valence-corrected chi connectivity index (χ4v) is 3.86.